The van der Waals surface area contributed by atoms with E-state index in [9.17, 15) is 0 Å². The summed E-state index contributed by atoms with van der Waals surface area (Å²) >= 11 is 0. The van der Waals surface area contributed by atoms with Gasteiger partial charge in [0.1, 0.15) is 5.69 Å². The summed E-state index contributed by atoms with van der Waals surface area (Å²) in [5.41, 5.74) is 18.6. The van der Waals surface area contributed by atoms with E-state index in [1.807, 2.05) is 0 Å². The Bertz CT molecular complexity index is 1090. The molecular formula is C22H22N6. The third-order valence-corrected chi connectivity index (χ3v) is 5.66. The summed E-state index contributed by atoms with van der Waals surface area (Å²) in [5, 5.41) is 3.58. The first-order valence-corrected chi connectivity index (χ1v) is 9.53. The highest BCUT2D eigenvalue weighted by Gasteiger charge is 2.36. The van der Waals surface area contributed by atoms with Gasteiger partial charge in [-0.15, -0.1) is 0 Å². The zero-order chi connectivity index (χ0) is 19.3. The summed E-state index contributed by atoms with van der Waals surface area (Å²) in [4.78, 5) is 13.5. The first-order chi connectivity index (χ1) is 13.6. The minimum atomic E-state index is 0.0302. The molecule has 6 nitrogen and oxygen atoms in total. The van der Waals surface area contributed by atoms with Crippen molar-refractivity contribution in [3.63, 3.8) is 0 Å². The molecule has 2 atom stereocenters. The van der Waals surface area contributed by atoms with Gasteiger partial charge < -0.3 is 16.8 Å². The third kappa shape index (κ3) is 2.69. The summed E-state index contributed by atoms with van der Waals surface area (Å²) in [6.07, 6.45) is 2.02. The summed E-state index contributed by atoms with van der Waals surface area (Å²) < 4.78 is 0. The fourth-order valence-corrected chi connectivity index (χ4v) is 4.26. The number of nitrogen functional groups attached to an aromatic ring is 2. The average molecular weight is 370 g/mol. The van der Waals surface area contributed by atoms with Gasteiger partial charge in [-0.2, -0.15) is 9.97 Å². The van der Waals surface area contributed by atoms with Crippen LogP contribution in [0.3, 0.4) is 0 Å². The summed E-state index contributed by atoms with van der Waals surface area (Å²) in [7, 11) is 0. The van der Waals surface area contributed by atoms with Gasteiger partial charge in [-0.1, -0.05) is 54.1 Å². The lowest BCUT2D eigenvalue weighted by Gasteiger charge is -2.32. The lowest BCUT2D eigenvalue weighted by Crippen LogP contribution is -2.31. The van der Waals surface area contributed by atoms with Crippen LogP contribution in [0.4, 0.5) is 23.3 Å². The van der Waals surface area contributed by atoms with Gasteiger partial charge in [0.05, 0.1) is 11.8 Å². The summed E-state index contributed by atoms with van der Waals surface area (Å²) in [5.74, 6) is 1.24. The monoisotopic (exact) mass is 370 g/mol. The van der Waals surface area contributed by atoms with E-state index < -0.39 is 0 Å². The van der Waals surface area contributed by atoms with Crippen molar-refractivity contribution in [3.8, 4) is 0 Å². The van der Waals surface area contributed by atoms with Gasteiger partial charge in [0, 0.05) is 5.92 Å². The maximum atomic E-state index is 6.18. The Balaban J connectivity index is 1.74. The lowest BCUT2D eigenvalue weighted by molar-refractivity contribution is 0.533. The molecule has 1 aromatic heterocycles. The van der Waals surface area contributed by atoms with Crippen LogP contribution in [0.1, 0.15) is 34.7 Å². The van der Waals surface area contributed by atoms with Gasteiger partial charge in [0.15, 0.2) is 11.6 Å². The molecule has 1 aliphatic heterocycles. The molecule has 5 rings (SSSR count). The molecule has 2 unspecified atom stereocenters. The molecule has 2 heterocycles. The number of benzene rings is 2. The van der Waals surface area contributed by atoms with Crippen molar-refractivity contribution in [1.82, 2.24) is 9.97 Å². The van der Waals surface area contributed by atoms with Crippen LogP contribution in [0.2, 0.25) is 0 Å². The second kappa shape index (κ2) is 6.34. The largest absolute Gasteiger partial charge is 0.382 e. The highest BCUT2D eigenvalue weighted by atomic mass is 15.2. The number of anilines is 3. The zero-order valence-electron chi connectivity index (χ0n) is 15.7. The second-order valence-electron chi connectivity index (χ2n) is 7.50. The Morgan fingerprint density at radius 3 is 2.61 bits per heavy atom. The molecule has 5 N–H and O–H groups in total. The number of nitrogens with two attached hydrogens (primary N) is 2. The average Bonchev–Trinajstić information content (AvgIpc) is 2.86. The normalized spacial score (nSPS) is 20.1. The number of nitrogens with zero attached hydrogens (tertiary/aromatic N) is 3. The van der Waals surface area contributed by atoms with Crippen LogP contribution in [0.5, 0.6) is 0 Å². The first-order valence-electron chi connectivity index (χ1n) is 9.53. The van der Waals surface area contributed by atoms with E-state index in [4.69, 9.17) is 16.5 Å². The van der Waals surface area contributed by atoms with E-state index in [0.29, 0.717) is 17.3 Å². The van der Waals surface area contributed by atoms with Crippen LogP contribution in [0.25, 0.3) is 0 Å². The van der Waals surface area contributed by atoms with Crippen molar-refractivity contribution in [1.29, 1.82) is 0 Å². The number of nitrogens with one attached hydrogen (secondary N) is 1. The quantitative estimate of drug-likeness (QED) is 0.605. The fraction of sp³-hybridized carbons (Fsp3) is 0.227. The van der Waals surface area contributed by atoms with Crippen molar-refractivity contribution < 1.29 is 0 Å². The van der Waals surface area contributed by atoms with Crippen molar-refractivity contribution in [2.45, 2.75) is 25.8 Å². The minimum Gasteiger partial charge on any atom is -0.382 e. The highest BCUT2D eigenvalue weighted by molar-refractivity contribution is 6.08. The van der Waals surface area contributed by atoms with E-state index in [-0.39, 0.29) is 17.9 Å². The van der Waals surface area contributed by atoms with Gasteiger partial charge in [0.25, 0.3) is 0 Å². The standard InChI is InChI=1S/C22H22N6/c1-12-6-8-14(9-7-12)17-16-11-10-13-4-2-3-5-15(13)18(16)25-19-20(23)27-22(24)28-21(19)26-17/h2-9,16-17H,10-11H2,1H3,(H5,23,24,26,27,28). The van der Waals surface area contributed by atoms with E-state index in [1.54, 1.807) is 0 Å². The molecule has 28 heavy (non-hydrogen) atoms. The van der Waals surface area contributed by atoms with Crippen molar-refractivity contribution in [3.05, 3.63) is 70.8 Å². The molecule has 6 heteroatoms. The van der Waals surface area contributed by atoms with Gasteiger partial charge in [0.2, 0.25) is 5.95 Å². The Labute approximate surface area is 163 Å². The van der Waals surface area contributed by atoms with E-state index in [1.165, 1.54) is 22.3 Å². The van der Waals surface area contributed by atoms with E-state index >= 15 is 0 Å². The molecule has 2 aliphatic rings. The van der Waals surface area contributed by atoms with Gasteiger partial charge in [-0.05, 0) is 36.5 Å². The molecule has 0 amide bonds. The molecule has 140 valence electrons. The Morgan fingerprint density at radius 2 is 1.79 bits per heavy atom. The van der Waals surface area contributed by atoms with Crippen LogP contribution < -0.4 is 16.8 Å². The number of aryl methyl sites for hydroxylation is 2. The van der Waals surface area contributed by atoms with E-state index in [0.717, 1.165) is 18.6 Å². The second-order valence-corrected chi connectivity index (χ2v) is 7.50. The first kappa shape index (κ1) is 16.7. The molecular weight excluding hydrogens is 348 g/mol. The Kier molecular flexibility index (Phi) is 3.79. The number of aliphatic imine (C=N–C) groups is 1. The van der Waals surface area contributed by atoms with E-state index in [2.05, 4.69) is 70.7 Å². The number of hydrogen-bond donors (Lipinski definition) is 3. The topological polar surface area (TPSA) is 102 Å². The maximum absolute atomic E-state index is 6.18. The molecule has 0 saturated carbocycles. The van der Waals surface area contributed by atoms with Crippen LogP contribution in [0, 0.1) is 12.8 Å². The van der Waals surface area contributed by atoms with Gasteiger partial charge in [-0.25, -0.2) is 4.99 Å². The summed E-state index contributed by atoms with van der Waals surface area (Å²) in [6.45, 7) is 2.10. The van der Waals surface area contributed by atoms with Gasteiger partial charge in [-0.3, -0.25) is 0 Å². The molecule has 0 fully saturated rings. The lowest BCUT2D eigenvalue weighted by atomic mass is 9.76. The van der Waals surface area contributed by atoms with Crippen LogP contribution in [-0.4, -0.2) is 15.7 Å². The van der Waals surface area contributed by atoms with Crippen molar-refractivity contribution in [2.24, 2.45) is 10.9 Å². The predicted molar refractivity (Wildman–Crippen MR) is 113 cm³/mol. The number of aromatic nitrogens is 2. The minimum absolute atomic E-state index is 0.0302. The Hall–Kier alpha value is -3.41. The summed E-state index contributed by atoms with van der Waals surface area (Å²) in [6, 6.07) is 17.1. The molecule has 0 bridgehead atoms. The zero-order valence-corrected chi connectivity index (χ0v) is 15.7. The molecule has 0 radical (unpaired) electrons. The highest BCUT2D eigenvalue weighted by Crippen LogP contribution is 2.43. The number of hydrogen-bond acceptors (Lipinski definition) is 6. The molecule has 0 saturated heterocycles. The van der Waals surface area contributed by atoms with Crippen LogP contribution in [0.15, 0.2) is 53.5 Å². The Morgan fingerprint density at radius 1 is 1.00 bits per heavy atom. The number of fused-ring (bicyclic) bond motifs is 4. The van der Waals surface area contributed by atoms with Crippen LogP contribution >= 0.6 is 0 Å². The van der Waals surface area contributed by atoms with Crippen molar-refractivity contribution >= 4 is 29.0 Å². The maximum Gasteiger partial charge on any atom is 0.224 e. The van der Waals surface area contributed by atoms with Crippen LogP contribution in [-0.2, 0) is 6.42 Å². The van der Waals surface area contributed by atoms with Crippen molar-refractivity contribution in [2.75, 3.05) is 16.8 Å². The molecule has 0 spiro atoms. The fourth-order valence-electron chi connectivity index (χ4n) is 4.26. The van der Waals surface area contributed by atoms with Gasteiger partial charge >= 0.3 is 0 Å². The third-order valence-electron chi connectivity index (χ3n) is 5.66. The predicted octanol–water partition coefficient (Wildman–Crippen LogP) is 3.80. The molecule has 2 aromatic carbocycles. The molecule has 1 aliphatic carbocycles. The number of rotatable bonds is 1. The molecule has 3 aromatic rings. The SMILES string of the molecule is Cc1ccc(C2Nc3nc(N)nc(N)c3N=C3c4ccccc4CCC32)cc1. The smallest absolute Gasteiger partial charge is 0.224 e.